The van der Waals surface area contributed by atoms with Crippen molar-refractivity contribution in [1.29, 1.82) is 0 Å². The van der Waals surface area contributed by atoms with Gasteiger partial charge in [-0.2, -0.15) is 5.10 Å². The highest BCUT2D eigenvalue weighted by atomic mass is 79.9. The van der Waals surface area contributed by atoms with Crippen molar-refractivity contribution in [2.24, 2.45) is 12.0 Å². The van der Waals surface area contributed by atoms with Crippen LogP contribution in [0, 0.1) is 5.82 Å². The van der Waals surface area contributed by atoms with Crippen LogP contribution in [0.15, 0.2) is 64.6 Å². The Bertz CT molecular complexity index is 1220. The van der Waals surface area contributed by atoms with Crippen molar-refractivity contribution in [2.75, 3.05) is 25.0 Å². The third-order valence-corrected chi connectivity index (χ3v) is 6.02. The number of amidine groups is 1. The number of aliphatic imine (C=N–C) groups is 1. The van der Waals surface area contributed by atoms with Crippen LogP contribution in [-0.2, 0) is 13.5 Å². The average Bonchev–Trinajstić information content (AvgIpc) is 3.44. The Labute approximate surface area is 199 Å². The summed E-state index contributed by atoms with van der Waals surface area (Å²) in [5.74, 6) is 0.749. The predicted octanol–water partition coefficient (Wildman–Crippen LogP) is 3.73. The number of hydrogen-bond acceptors (Lipinski definition) is 5. The maximum atomic E-state index is 14.0. The Balaban J connectivity index is 1.36. The van der Waals surface area contributed by atoms with Crippen molar-refractivity contribution in [3.63, 3.8) is 0 Å². The molecule has 2 heterocycles. The van der Waals surface area contributed by atoms with Gasteiger partial charge in [-0.05, 0) is 40.0 Å². The third-order valence-electron chi connectivity index (χ3n) is 5.27. The van der Waals surface area contributed by atoms with Crippen LogP contribution in [0.5, 0.6) is 0 Å². The lowest BCUT2D eigenvalue weighted by molar-refractivity contribution is 0.0947. The van der Waals surface area contributed by atoms with E-state index < -0.39 is 0 Å². The van der Waals surface area contributed by atoms with Gasteiger partial charge in [0.05, 0.1) is 11.0 Å². The summed E-state index contributed by atoms with van der Waals surface area (Å²) in [4.78, 5) is 17.1. The molecule has 0 fully saturated rings. The quantitative estimate of drug-likeness (QED) is 0.431. The van der Waals surface area contributed by atoms with Crippen molar-refractivity contribution in [3.8, 4) is 0 Å². The van der Waals surface area contributed by atoms with Crippen LogP contribution in [0.25, 0.3) is 5.70 Å². The van der Waals surface area contributed by atoms with Crippen LogP contribution in [-0.4, -0.2) is 41.2 Å². The minimum Gasteiger partial charge on any atom is -0.368 e. The maximum absolute atomic E-state index is 14.0. The van der Waals surface area contributed by atoms with Crippen LogP contribution in [0.1, 0.15) is 27.2 Å². The summed E-state index contributed by atoms with van der Waals surface area (Å²) in [7, 11) is 1.70. The average molecular weight is 511 g/mol. The molecule has 0 saturated carbocycles. The molecule has 1 aliphatic rings. The van der Waals surface area contributed by atoms with Crippen molar-refractivity contribution in [2.45, 2.75) is 6.42 Å². The Morgan fingerprint density at radius 2 is 2.00 bits per heavy atom. The topological polar surface area (TPSA) is 83.3 Å². The van der Waals surface area contributed by atoms with Gasteiger partial charge in [-0.1, -0.05) is 43.0 Å². The highest BCUT2D eigenvalue weighted by Gasteiger charge is 2.21. The summed E-state index contributed by atoms with van der Waals surface area (Å²) in [6, 6.07) is 14.5. The normalized spacial score (nSPS) is 12.8. The first kappa shape index (κ1) is 22.7. The molecule has 0 saturated heterocycles. The van der Waals surface area contributed by atoms with Gasteiger partial charge in [0.1, 0.15) is 17.5 Å². The first-order valence-corrected chi connectivity index (χ1v) is 11.3. The van der Waals surface area contributed by atoms with Gasteiger partial charge < -0.3 is 16.0 Å². The van der Waals surface area contributed by atoms with E-state index in [1.807, 2.05) is 24.3 Å². The lowest BCUT2D eigenvalue weighted by Gasteiger charge is -2.11. The molecule has 0 unspecified atom stereocenters. The summed E-state index contributed by atoms with van der Waals surface area (Å²) in [6.45, 7) is 6.05. The molecule has 0 radical (unpaired) electrons. The molecule has 1 amide bonds. The Hall–Kier alpha value is -3.46. The molecular weight excluding hydrogens is 487 g/mol. The fourth-order valence-electron chi connectivity index (χ4n) is 3.52. The van der Waals surface area contributed by atoms with Gasteiger partial charge in [0.15, 0.2) is 5.69 Å². The van der Waals surface area contributed by atoms with Gasteiger partial charge in [0.2, 0.25) is 0 Å². The van der Waals surface area contributed by atoms with E-state index in [9.17, 15) is 9.18 Å². The van der Waals surface area contributed by atoms with Crippen LogP contribution < -0.4 is 16.0 Å². The number of benzene rings is 2. The number of carbonyl (C=O) groups is 1. The number of hydrogen-bond donors (Lipinski definition) is 3. The van der Waals surface area contributed by atoms with Gasteiger partial charge in [-0.15, -0.1) is 0 Å². The first-order chi connectivity index (χ1) is 15.9. The van der Waals surface area contributed by atoms with Gasteiger partial charge >= 0.3 is 0 Å². The van der Waals surface area contributed by atoms with E-state index >= 15 is 0 Å². The highest BCUT2D eigenvalue weighted by molar-refractivity contribution is 9.10. The van der Waals surface area contributed by atoms with E-state index in [4.69, 9.17) is 0 Å². The van der Waals surface area contributed by atoms with Crippen LogP contribution in [0.3, 0.4) is 0 Å². The van der Waals surface area contributed by atoms with Gasteiger partial charge in [-0.25, -0.2) is 4.39 Å². The number of anilines is 1. The number of aromatic nitrogens is 2. The summed E-state index contributed by atoms with van der Waals surface area (Å²) >= 11 is 3.44. The lowest BCUT2D eigenvalue weighted by atomic mass is 10.1. The zero-order valence-electron chi connectivity index (χ0n) is 18.2. The SMILES string of the molecule is C=C(Nc1c(Br)c(C(=O)NCCc2ccc(C3=NCCN3)cc2)nn1C)c1ccccc1F. The molecule has 3 aromatic rings. The summed E-state index contributed by atoms with van der Waals surface area (Å²) in [6.07, 6.45) is 0.686. The monoisotopic (exact) mass is 510 g/mol. The molecule has 1 aliphatic heterocycles. The molecule has 2 aromatic carbocycles. The standard InChI is InChI=1S/C24H24BrFN6O/c1-15(18-5-3-4-6-19(18)26)30-23-20(25)21(31-32(23)2)24(33)29-12-11-16-7-9-17(10-8-16)22-27-13-14-28-22/h3-10,30H,1,11-14H2,2H3,(H,27,28)(H,29,33). The highest BCUT2D eigenvalue weighted by Crippen LogP contribution is 2.29. The molecule has 0 aliphatic carbocycles. The molecule has 0 spiro atoms. The number of aryl methyl sites for hydroxylation is 1. The third kappa shape index (κ3) is 5.14. The zero-order valence-corrected chi connectivity index (χ0v) is 19.7. The van der Waals surface area contributed by atoms with E-state index in [1.165, 1.54) is 10.7 Å². The van der Waals surface area contributed by atoms with Crippen LogP contribution in [0.4, 0.5) is 10.2 Å². The number of nitrogens with one attached hydrogen (secondary N) is 3. The number of amides is 1. The molecule has 3 N–H and O–H groups in total. The lowest BCUT2D eigenvalue weighted by Crippen LogP contribution is -2.26. The van der Waals surface area contributed by atoms with E-state index in [0.717, 1.165) is 30.1 Å². The molecule has 1 aromatic heterocycles. The summed E-state index contributed by atoms with van der Waals surface area (Å²) in [5.41, 5.74) is 3.13. The fourth-order valence-corrected chi connectivity index (χ4v) is 4.13. The van der Waals surface area contributed by atoms with Crippen LogP contribution in [0.2, 0.25) is 0 Å². The minimum atomic E-state index is -0.383. The molecule has 9 heteroatoms. The largest absolute Gasteiger partial charge is 0.368 e. The number of rotatable bonds is 8. The molecule has 33 heavy (non-hydrogen) atoms. The van der Waals surface area contributed by atoms with E-state index in [2.05, 4.69) is 48.6 Å². The predicted molar refractivity (Wildman–Crippen MR) is 132 cm³/mol. The van der Waals surface area contributed by atoms with Gasteiger partial charge in [-0.3, -0.25) is 14.5 Å². The second kappa shape index (κ2) is 9.99. The number of halogens is 2. The van der Waals surface area contributed by atoms with Crippen molar-refractivity contribution in [3.05, 3.63) is 87.8 Å². The molecule has 170 valence electrons. The van der Waals surface area contributed by atoms with Gasteiger partial charge in [0.25, 0.3) is 5.91 Å². The molecular formula is C24H24BrFN6O. The molecule has 0 atom stereocenters. The van der Waals surface area contributed by atoms with Crippen molar-refractivity contribution >= 4 is 39.2 Å². The molecule has 7 nitrogen and oxygen atoms in total. The van der Waals surface area contributed by atoms with Crippen molar-refractivity contribution in [1.82, 2.24) is 20.4 Å². The second-order valence-electron chi connectivity index (χ2n) is 7.58. The minimum absolute atomic E-state index is 0.238. The van der Waals surface area contributed by atoms with Crippen LogP contribution >= 0.6 is 15.9 Å². The molecule has 4 rings (SSSR count). The molecule has 0 bridgehead atoms. The second-order valence-corrected chi connectivity index (χ2v) is 8.37. The fraction of sp³-hybridized carbons (Fsp3) is 0.208. The smallest absolute Gasteiger partial charge is 0.273 e. The number of carbonyl (C=O) groups excluding carboxylic acids is 1. The summed E-state index contributed by atoms with van der Waals surface area (Å²) in [5, 5.41) is 13.5. The zero-order chi connectivity index (χ0) is 23.4. The number of nitrogens with zero attached hydrogens (tertiary/aromatic N) is 3. The van der Waals surface area contributed by atoms with Gasteiger partial charge in [0, 0.05) is 37.0 Å². The summed E-state index contributed by atoms with van der Waals surface area (Å²) < 4.78 is 16.0. The van der Waals surface area contributed by atoms with E-state index in [-0.39, 0.29) is 17.4 Å². The van der Waals surface area contributed by atoms with E-state index in [1.54, 1.807) is 25.2 Å². The van der Waals surface area contributed by atoms with Crippen molar-refractivity contribution < 1.29 is 9.18 Å². The Morgan fingerprint density at radius 3 is 2.70 bits per heavy atom. The Kier molecular flexibility index (Phi) is 6.88. The van der Waals surface area contributed by atoms with E-state index in [0.29, 0.717) is 34.5 Å². The first-order valence-electron chi connectivity index (χ1n) is 10.5. The Morgan fingerprint density at radius 1 is 1.24 bits per heavy atom. The maximum Gasteiger partial charge on any atom is 0.273 e.